The van der Waals surface area contributed by atoms with E-state index in [4.69, 9.17) is 0 Å². The summed E-state index contributed by atoms with van der Waals surface area (Å²) >= 11 is 5.28. The van der Waals surface area contributed by atoms with Gasteiger partial charge in [-0.3, -0.25) is 4.90 Å². The quantitative estimate of drug-likeness (QED) is 0.819. The summed E-state index contributed by atoms with van der Waals surface area (Å²) in [5.41, 5.74) is 0. The van der Waals surface area contributed by atoms with E-state index in [1.54, 1.807) is 0 Å². The summed E-state index contributed by atoms with van der Waals surface area (Å²) in [6.45, 7) is 2.06. The summed E-state index contributed by atoms with van der Waals surface area (Å²) in [5.74, 6) is 0. The van der Waals surface area contributed by atoms with Gasteiger partial charge >= 0.3 is 0 Å². The van der Waals surface area contributed by atoms with Gasteiger partial charge in [-0.2, -0.15) is 0 Å². The van der Waals surface area contributed by atoms with Crippen molar-refractivity contribution in [3.05, 3.63) is 20.8 Å². The van der Waals surface area contributed by atoms with Gasteiger partial charge < -0.3 is 5.32 Å². The highest BCUT2D eigenvalue weighted by atomic mass is 79.9. The van der Waals surface area contributed by atoms with Crippen molar-refractivity contribution < 1.29 is 0 Å². The van der Waals surface area contributed by atoms with Gasteiger partial charge in [0, 0.05) is 18.1 Å². The van der Waals surface area contributed by atoms with E-state index in [9.17, 15) is 0 Å². The molecule has 0 amide bonds. The van der Waals surface area contributed by atoms with Gasteiger partial charge in [-0.25, -0.2) is 0 Å². The second kappa shape index (κ2) is 5.75. The van der Waals surface area contributed by atoms with Gasteiger partial charge in [0.2, 0.25) is 0 Å². The van der Waals surface area contributed by atoms with Crippen LogP contribution in [0.4, 0.5) is 0 Å². The van der Waals surface area contributed by atoms with Crippen LogP contribution in [0.1, 0.15) is 4.88 Å². The zero-order valence-electron chi connectivity index (χ0n) is 8.01. The molecule has 1 aromatic rings. The number of thiophene rings is 1. The van der Waals surface area contributed by atoms with Gasteiger partial charge in [0.05, 0.1) is 3.79 Å². The predicted molar refractivity (Wildman–Crippen MR) is 62.3 cm³/mol. The van der Waals surface area contributed by atoms with Crippen LogP contribution in [0.15, 0.2) is 15.9 Å². The third-order valence-corrected chi connectivity index (χ3v) is 3.48. The Hall–Kier alpha value is 0.1000. The van der Waals surface area contributed by atoms with Gasteiger partial charge in [0.15, 0.2) is 0 Å². The van der Waals surface area contributed by atoms with Crippen LogP contribution in [0.25, 0.3) is 0 Å². The average Bonchev–Trinajstić information content (AvgIpc) is 2.49. The Kier molecular flexibility index (Phi) is 4.94. The molecule has 0 aromatic carbocycles. The maximum absolute atomic E-state index is 3.46. The summed E-state index contributed by atoms with van der Waals surface area (Å²) in [5, 5.41) is 3.13. The van der Waals surface area contributed by atoms with Crippen LogP contribution >= 0.6 is 27.3 Å². The second-order valence-corrected chi connectivity index (χ2v) is 5.59. The van der Waals surface area contributed by atoms with Gasteiger partial charge in [-0.1, -0.05) is 0 Å². The van der Waals surface area contributed by atoms with Crippen LogP contribution in [0.2, 0.25) is 0 Å². The molecule has 4 heteroatoms. The molecular formula is C9H15BrN2S. The fourth-order valence-electron chi connectivity index (χ4n) is 1.14. The van der Waals surface area contributed by atoms with E-state index in [0.29, 0.717) is 0 Å². The zero-order valence-corrected chi connectivity index (χ0v) is 10.4. The Bertz CT molecular complexity index is 250. The number of hydrogen-bond donors (Lipinski definition) is 1. The van der Waals surface area contributed by atoms with Gasteiger partial charge in [-0.05, 0) is 48.6 Å². The molecule has 0 atom stereocenters. The molecule has 1 heterocycles. The molecule has 0 spiro atoms. The van der Waals surface area contributed by atoms with Crippen molar-refractivity contribution in [2.24, 2.45) is 0 Å². The first-order valence-corrected chi connectivity index (χ1v) is 5.90. The van der Waals surface area contributed by atoms with Gasteiger partial charge in [0.25, 0.3) is 0 Å². The van der Waals surface area contributed by atoms with E-state index in [-0.39, 0.29) is 0 Å². The van der Waals surface area contributed by atoms with Crippen molar-refractivity contribution in [2.75, 3.05) is 27.3 Å². The largest absolute Gasteiger partial charge is 0.307 e. The van der Waals surface area contributed by atoms with Crippen molar-refractivity contribution in [3.63, 3.8) is 0 Å². The molecule has 0 aliphatic heterocycles. The number of hydrogen-bond acceptors (Lipinski definition) is 3. The van der Waals surface area contributed by atoms with E-state index in [1.165, 1.54) is 8.66 Å². The second-order valence-electron chi connectivity index (χ2n) is 3.05. The molecule has 0 aliphatic carbocycles. The number of rotatable bonds is 5. The molecule has 0 saturated heterocycles. The first kappa shape index (κ1) is 11.2. The molecule has 0 bridgehead atoms. The molecule has 0 saturated carbocycles. The number of nitrogens with zero attached hydrogens (tertiary/aromatic N) is 1. The molecule has 2 nitrogen and oxygen atoms in total. The normalized spacial score (nSPS) is 11.1. The fourth-order valence-corrected chi connectivity index (χ4v) is 2.61. The highest BCUT2D eigenvalue weighted by Gasteiger charge is 2.00. The van der Waals surface area contributed by atoms with E-state index in [1.807, 2.05) is 18.4 Å². The Labute approximate surface area is 92.1 Å². The molecule has 74 valence electrons. The molecule has 13 heavy (non-hydrogen) atoms. The molecule has 1 N–H and O–H groups in total. The van der Waals surface area contributed by atoms with Crippen LogP contribution in [0, 0.1) is 0 Å². The average molecular weight is 263 g/mol. The van der Waals surface area contributed by atoms with Crippen molar-refractivity contribution in [2.45, 2.75) is 6.42 Å². The Morgan fingerprint density at radius 1 is 1.54 bits per heavy atom. The van der Waals surface area contributed by atoms with E-state index in [0.717, 1.165) is 19.6 Å². The zero-order chi connectivity index (χ0) is 9.68. The lowest BCUT2D eigenvalue weighted by Gasteiger charge is -2.14. The molecule has 0 unspecified atom stereocenters. The summed E-state index contributed by atoms with van der Waals surface area (Å²) < 4.78 is 1.22. The predicted octanol–water partition coefficient (Wildman–Crippen LogP) is 2.16. The van der Waals surface area contributed by atoms with E-state index < -0.39 is 0 Å². The third-order valence-electron chi connectivity index (χ3n) is 1.80. The highest BCUT2D eigenvalue weighted by molar-refractivity contribution is 9.11. The molecule has 0 aliphatic rings. The topological polar surface area (TPSA) is 15.3 Å². The fraction of sp³-hybridized carbons (Fsp3) is 0.556. The minimum Gasteiger partial charge on any atom is -0.307 e. The summed E-state index contributed by atoms with van der Waals surface area (Å²) in [6, 6.07) is 4.29. The van der Waals surface area contributed by atoms with Crippen LogP contribution in [0.3, 0.4) is 0 Å². The standard InChI is InChI=1S/C9H15BrN2S/c1-11-7-12(2)6-5-8-3-4-9(10)13-8/h3-4,11H,5-7H2,1-2H3. The number of halogens is 1. The minimum absolute atomic E-state index is 0.951. The minimum atomic E-state index is 0.951. The van der Waals surface area contributed by atoms with Crippen LogP contribution in [-0.2, 0) is 6.42 Å². The summed E-state index contributed by atoms with van der Waals surface area (Å²) in [6.07, 6.45) is 1.13. The van der Waals surface area contributed by atoms with Crippen molar-refractivity contribution in [3.8, 4) is 0 Å². The molecule has 1 aromatic heterocycles. The first-order chi connectivity index (χ1) is 6.22. The molecule has 0 fully saturated rings. The Balaban J connectivity index is 2.26. The van der Waals surface area contributed by atoms with Crippen LogP contribution in [0.5, 0.6) is 0 Å². The SMILES string of the molecule is CNCN(C)CCc1ccc(Br)s1. The maximum atomic E-state index is 3.46. The maximum Gasteiger partial charge on any atom is 0.0701 e. The lowest BCUT2D eigenvalue weighted by molar-refractivity contribution is 0.322. The van der Waals surface area contributed by atoms with Crippen molar-refractivity contribution in [1.82, 2.24) is 10.2 Å². The van der Waals surface area contributed by atoms with Gasteiger partial charge in [0.1, 0.15) is 0 Å². The summed E-state index contributed by atoms with van der Waals surface area (Å²) in [4.78, 5) is 3.71. The first-order valence-electron chi connectivity index (χ1n) is 4.29. The van der Waals surface area contributed by atoms with Crippen LogP contribution in [-0.4, -0.2) is 32.2 Å². The lowest BCUT2D eigenvalue weighted by atomic mass is 10.3. The number of nitrogens with one attached hydrogen (secondary N) is 1. The third kappa shape index (κ3) is 4.22. The van der Waals surface area contributed by atoms with Gasteiger partial charge in [-0.15, -0.1) is 11.3 Å². The lowest BCUT2D eigenvalue weighted by Crippen LogP contribution is -2.30. The van der Waals surface area contributed by atoms with Crippen molar-refractivity contribution in [1.29, 1.82) is 0 Å². The Morgan fingerprint density at radius 2 is 2.31 bits per heavy atom. The number of likely N-dealkylation sites (N-methyl/N-ethyl adjacent to an activating group) is 1. The monoisotopic (exact) mass is 262 g/mol. The molecular weight excluding hydrogens is 248 g/mol. The molecule has 1 rings (SSSR count). The summed E-state index contributed by atoms with van der Waals surface area (Å²) in [7, 11) is 4.09. The van der Waals surface area contributed by atoms with Crippen molar-refractivity contribution >= 4 is 27.3 Å². The van der Waals surface area contributed by atoms with E-state index >= 15 is 0 Å². The Morgan fingerprint density at radius 3 is 2.85 bits per heavy atom. The highest BCUT2D eigenvalue weighted by Crippen LogP contribution is 2.22. The molecule has 0 radical (unpaired) electrons. The smallest absolute Gasteiger partial charge is 0.0701 e. The van der Waals surface area contributed by atoms with E-state index in [2.05, 4.69) is 45.3 Å². The van der Waals surface area contributed by atoms with Crippen LogP contribution < -0.4 is 5.32 Å².